The van der Waals surface area contributed by atoms with E-state index in [0.717, 1.165) is 11.4 Å². The van der Waals surface area contributed by atoms with Crippen molar-refractivity contribution >= 4 is 23.2 Å². The summed E-state index contributed by atoms with van der Waals surface area (Å²) >= 11 is 0. The SMILES string of the molecule is Cc1noc(C)c1C(=O)Nc1ccc(NCc2ccccc2)[nH+]c1N.[Cl-]. The van der Waals surface area contributed by atoms with Crippen LogP contribution in [0.25, 0.3) is 0 Å². The van der Waals surface area contributed by atoms with Crippen molar-refractivity contribution in [3.63, 3.8) is 0 Å². The summed E-state index contributed by atoms with van der Waals surface area (Å²) in [5.41, 5.74) is 8.63. The highest BCUT2D eigenvalue weighted by atomic mass is 35.5. The molecular formula is C18H20ClN5O2. The second kappa shape index (κ2) is 8.35. The summed E-state index contributed by atoms with van der Waals surface area (Å²) in [6, 6.07) is 13.6. The van der Waals surface area contributed by atoms with Crippen LogP contribution in [0, 0.1) is 13.8 Å². The third-order valence-corrected chi connectivity index (χ3v) is 3.81. The van der Waals surface area contributed by atoms with Crippen molar-refractivity contribution in [3.8, 4) is 0 Å². The number of nitrogens with two attached hydrogens (primary N) is 1. The molecule has 26 heavy (non-hydrogen) atoms. The summed E-state index contributed by atoms with van der Waals surface area (Å²) in [7, 11) is 0. The number of rotatable bonds is 5. The highest BCUT2D eigenvalue weighted by molar-refractivity contribution is 6.06. The van der Waals surface area contributed by atoms with Crippen molar-refractivity contribution in [1.82, 2.24) is 5.16 Å². The third kappa shape index (κ3) is 4.31. The zero-order valence-electron chi connectivity index (χ0n) is 14.5. The molecule has 3 rings (SSSR count). The Balaban J connectivity index is 0.00000243. The normalized spacial score (nSPS) is 10.1. The third-order valence-electron chi connectivity index (χ3n) is 3.81. The number of anilines is 3. The van der Waals surface area contributed by atoms with E-state index in [1.54, 1.807) is 19.9 Å². The molecule has 2 heterocycles. The summed E-state index contributed by atoms with van der Waals surface area (Å²) in [5.74, 6) is 1.29. The molecule has 7 nitrogen and oxygen atoms in total. The van der Waals surface area contributed by atoms with E-state index in [1.165, 1.54) is 0 Å². The van der Waals surface area contributed by atoms with Crippen LogP contribution in [0.2, 0.25) is 0 Å². The first kappa shape index (κ1) is 19.3. The van der Waals surface area contributed by atoms with Gasteiger partial charge in [0.15, 0.2) is 0 Å². The first-order chi connectivity index (χ1) is 12.0. The number of aromatic amines is 1. The average Bonchev–Trinajstić information content (AvgIpc) is 2.95. The Kier molecular flexibility index (Phi) is 6.19. The van der Waals surface area contributed by atoms with E-state index < -0.39 is 0 Å². The van der Waals surface area contributed by atoms with E-state index in [4.69, 9.17) is 10.3 Å². The topological polar surface area (TPSA) is 107 Å². The van der Waals surface area contributed by atoms with Crippen molar-refractivity contribution in [2.75, 3.05) is 16.4 Å². The van der Waals surface area contributed by atoms with Crippen molar-refractivity contribution in [2.24, 2.45) is 0 Å². The summed E-state index contributed by atoms with van der Waals surface area (Å²) in [4.78, 5) is 15.4. The maximum atomic E-state index is 12.4. The molecule has 0 unspecified atom stereocenters. The number of amides is 1. The molecule has 0 aliphatic rings. The minimum absolute atomic E-state index is 0. The number of aryl methyl sites for hydroxylation is 2. The van der Waals surface area contributed by atoms with Gasteiger partial charge in [-0.05, 0) is 25.5 Å². The Hall–Kier alpha value is -3.06. The molecule has 0 aliphatic heterocycles. The number of nitrogens with one attached hydrogen (secondary N) is 3. The Morgan fingerprint density at radius 3 is 2.54 bits per heavy atom. The number of nitrogen functional groups attached to an aromatic ring is 1. The Bertz CT molecular complexity index is 876. The molecule has 0 saturated heterocycles. The molecule has 1 aromatic carbocycles. The van der Waals surface area contributed by atoms with E-state index in [9.17, 15) is 4.79 Å². The molecule has 5 N–H and O–H groups in total. The second-order valence-corrected chi connectivity index (χ2v) is 5.69. The van der Waals surface area contributed by atoms with Gasteiger partial charge in [0.2, 0.25) is 11.6 Å². The van der Waals surface area contributed by atoms with Gasteiger partial charge in [0, 0.05) is 6.07 Å². The summed E-state index contributed by atoms with van der Waals surface area (Å²) in [5, 5.41) is 9.81. The first-order valence-corrected chi connectivity index (χ1v) is 7.88. The van der Waals surface area contributed by atoms with E-state index in [1.807, 2.05) is 36.4 Å². The predicted octanol–water partition coefficient (Wildman–Crippen LogP) is -0.444. The lowest BCUT2D eigenvalue weighted by Crippen LogP contribution is -3.00. The van der Waals surface area contributed by atoms with Gasteiger partial charge in [-0.1, -0.05) is 35.5 Å². The molecule has 0 fully saturated rings. The largest absolute Gasteiger partial charge is 1.00 e. The second-order valence-electron chi connectivity index (χ2n) is 5.69. The van der Waals surface area contributed by atoms with Gasteiger partial charge in [-0.15, -0.1) is 0 Å². The molecule has 1 amide bonds. The minimum Gasteiger partial charge on any atom is -1.00 e. The number of hydrogen-bond acceptors (Lipinski definition) is 5. The molecule has 0 saturated carbocycles. The van der Waals surface area contributed by atoms with E-state index in [2.05, 4.69) is 20.8 Å². The maximum Gasteiger partial charge on any atom is 0.261 e. The predicted molar refractivity (Wildman–Crippen MR) is 95.1 cm³/mol. The van der Waals surface area contributed by atoms with Crippen LogP contribution in [0.5, 0.6) is 0 Å². The number of halogens is 1. The van der Waals surface area contributed by atoms with Crippen LogP contribution in [-0.2, 0) is 6.54 Å². The van der Waals surface area contributed by atoms with Crippen molar-refractivity contribution in [2.45, 2.75) is 20.4 Å². The highest BCUT2D eigenvalue weighted by Crippen LogP contribution is 2.19. The fourth-order valence-electron chi connectivity index (χ4n) is 2.51. The van der Waals surface area contributed by atoms with Crippen LogP contribution >= 0.6 is 0 Å². The van der Waals surface area contributed by atoms with Crippen LogP contribution in [-0.4, -0.2) is 11.1 Å². The van der Waals surface area contributed by atoms with Crippen LogP contribution in [0.1, 0.15) is 27.4 Å². The van der Waals surface area contributed by atoms with Gasteiger partial charge in [-0.3, -0.25) is 4.79 Å². The van der Waals surface area contributed by atoms with Crippen molar-refractivity contribution < 1.29 is 26.7 Å². The molecule has 0 spiro atoms. The van der Waals surface area contributed by atoms with Crippen LogP contribution in [0.3, 0.4) is 0 Å². The van der Waals surface area contributed by atoms with Gasteiger partial charge in [-0.25, -0.2) is 4.98 Å². The standard InChI is InChI=1S/C18H19N5O2.ClH/c1-11-16(12(2)25-23-11)18(24)21-14-8-9-15(22-17(14)19)20-10-13-6-4-3-5-7-13;/h3-9H,10H2,1-2H3,(H,21,24)(H3,19,20,22);1H. The number of carbonyl (C=O) groups is 1. The number of nitrogens with zero attached hydrogens (tertiary/aromatic N) is 1. The fourth-order valence-corrected chi connectivity index (χ4v) is 2.51. The lowest BCUT2D eigenvalue weighted by atomic mass is 10.2. The van der Waals surface area contributed by atoms with Gasteiger partial charge in [0.25, 0.3) is 5.91 Å². The number of pyridine rings is 1. The molecule has 0 radical (unpaired) electrons. The molecule has 0 aliphatic carbocycles. The lowest BCUT2D eigenvalue weighted by molar-refractivity contribution is -0.342. The number of carbonyl (C=O) groups excluding carboxylic acids is 1. The summed E-state index contributed by atoms with van der Waals surface area (Å²) in [6.45, 7) is 4.08. The molecule has 3 aromatic rings. The lowest BCUT2D eigenvalue weighted by Gasteiger charge is -2.07. The highest BCUT2D eigenvalue weighted by Gasteiger charge is 2.19. The minimum atomic E-state index is -0.304. The molecule has 8 heteroatoms. The number of aromatic nitrogens is 2. The van der Waals surface area contributed by atoms with Gasteiger partial charge in [-0.2, -0.15) is 0 Å². The van der Waals surface area contributed by atoms with E-state index in [0.29, 0.717) is 35.1 Å². The Morgan fingerprint density at radius 2 is 1.92 bits per heavy atom. The molecule has 2 aromatic heterocycles. The fraction of sp³-hybridized carbons (Fsp3) is 0.167. The van der Waals surface area contributed by atoms with Gasteiger partial charge in [0.05, 0.1) is 12.2 Å². The smallest absolute Gasteiger partial charge is 0.261 e. The zero-order valence-corrected chi connectivity index (χ0v) is 15.2. The number of benzene rings is 1. The quantitative estimate of drug-likeness (QED) is 0.562. The van der Waals surface area contributed by atoms with Crippen LogP contribution in [0.4, 0.5) is 17.3 Å². The monoisotopic (exact) mass is 373 g/mol. The molecule has 0 bridgehead atoms. The molecule has 136 valence electrons. The molecule has 0 atom stereocenters. The number of hydrogen-bond donors (Lipinski definition) is 3. The van der Waals surface area contributed by atoms with E-state index in [-0.39, 0.29) is 18.3 Å². The first-order valence-electron chi connectivity index (χ1n) is 7.88. The van der Waals surface area contributed by atoms with Gasteiger partial charge >= 0.3 is 0 Å². The van der Waals surface area contributed by atoms with Crippen LogP contribution in [0.15, 0.2) is 47.0 Å². The summed E-state index contributed by atoms with van der Waals surface area (Å²) < 4.78 is 5.02. The summed E-state index contributed by atoms with van der Waals surface area (Å²) in [6.07, 6.45) is 0. The Labute approximate surface area is 157 Å². The van der Waals surface area contributed by atoms with Gasteiger partial charge < -0.3 is 33.3 Å². The Morgan fingerprint density at radius 1 is 1.19 bits per heavy atom. The van der Waals surface area contributed by atoms with Gasteiger partial charge in [0.1, 0.15) is 17.0 Å². The van der Waals surface area contributed by atoms with Crippen molar-refractivity contribution in [3.05, 3.63) is 65.0 Å². The van der Waals surface area contributed by atoms with E-state index >= 15 is 0 Å². The zero-order chi connectivity index (χ0) is 17.8. The maximum absolute atomic E-state index is 12.4. The number of H-pyrrole nitrogens is 1. The van der Waals surface area contributed by atoms with Crippen LogP contribution < -0.4 is 33.8 Å². The van der Waals surface area contributed by atoms with Crippen molar-refractivity contribution in [1.29, 1.82) is 0 Å². The average molecular weight is 374 g/mol. The molecular weight excluding hydrogens is 354 g/mol.